The smallest absolute Gasteiger partial charge is 0.309 e. The van der Waals surface area contributed by atoms with E-state index in [1.165, 1.54) is 0 Å². The molecule has 0 radical (unpaired) electrons. The summed E-state index contributed by atoms with van der Waals surface area (Å²) in [6.07, 6.45) is 8.79. The average Bonchev–Trinajstić information content (AvgIpc) is 3.41. The van der Waals surface area contributed by atoms with Gasteiger partial charge in [0, 0.05) is 19.5 Å². The third-order valence-corrected chi connectivity index (χ3v) is 7.84. The van der Waals surface area contributed by atoms with Gasteiger partial charge in [-0.25, -0.2) is 0 Å². The lowest BCUT2D eigenvalue weighted by Crippen LogP contribution is -2.53. The van der Waals surface area contributed by atoms with Crippen LogP contribution in [0.3, 0.4) is 0 Å². The first-order chi connectivity index (χ1) is 19.0. The minimum atomic E-state index is -0.594. The fourth-order valence-electron chi connectivity index (χ4n) is 5.57. The number of benzene rings is 2. The van der Waals surface area contributed by atoms with E-state index < -0.39 is 11.5 Å². The molecule has 1 fully saturated rings. The van der Waals surface area contributed by atoms with E-state index in [2.05, 4.69) is 5.32 Å². The molecule has 1 aliphatic carbocycles. The molecule has 0 aromatic heterocycles. The van der Waals surface area contributed by atoms with E-state index in [0.29, 0.717) is 25.8 Å². The van der Waals surface area contributed by atoms with Gasteiger partial charge < -0.3 is 20.1 Å². The van der Waals surface area contributed by atoms with Crippen LogP contribution in [0.2, 0.25) is 0 Å². The summed E-state index contributed by atoms with van der Waals surface area (Å²) in [7, 11) is 0. The van der Waals surface area contributed by atoms with Gasteiger partial charge in [-0.1, -0.05) is 85.7 Å². The van der Waals surface area contributed by atoms with E-state index in [9.17, 15) is 19.5 Å². The van der Waals surface area contributed by atoms with Crippen LogP contribution < -0.4 is 5.32 Å². The molecule has 1 heterocycles. The second-order valence-electron chi connectivity index (χ2n) is 10.8. The van der Waals surface area contributed by atoms with Crippen molar-refractivity contribution >= 4 is 17.8 Å². The minimum absolute atomic E-state index is 0.0479. The highest BCUT2D eigenvalue weighted by atomic mass is 16.5. The Hall–Kier alpha value is -3.45. The van der Waals surface area contributed by atoms with Gasteiger partial charge in [-0.15, -0.1) is 0 Å². The summed E-state index contributed by atoms with van der Waals surface area (Å²) in [4.78, 5) is 41.7. The number of aliphatic hydroxyl groups is 1. The van der Waals surface area contributed by atoms with Crippen LogP contribution in [0, 0.1) is 11.8 Å². The molecule has 7 nitrogen and oxygen atoms in total. The number of allylic oxidation sites excluding steroid dienone is 2. The Morgan fingerprint density at radius 2 is 1.54 bits per heavy atom. The summed E-state index contributed by atoms with van der Waals surface area (Å²) >= 11 is 0. The number of hydrogen-bond acceptors (Lipinski definition) is 5. The van der Waals surface area contributed by atoms with Crippen LogP contribution in [0.15, 0.2) is 72.8 Å². The highest BCUT2D eigenvalue weighted by Gasteiger charge is 2.39. The van der Waals surface area contributed by atoms with Gasteiger partial charge in [0.1, 0.15) is 6.61 Å². The van der Waals surface area contributed by atoms with Gasteiger partial charge in [-0.05, 0) is 43.2 Å². The molecule has 2 aromatic carbocycles. The summed E-state index contributed by atoms with van der Waals surface area (Å²) in [5, 5.41) is 12.8. The molecule has 1 aliphatic heterocycles. The second-order valence-corrected chi connectivity index (χ2v) is 10.8. The lowest BCUT2D eigenvalue weighted by atomic mass is 9.92. The van der Waals surface area contributed by atoms with E-state index in [1.807, 2.05) is 72.8 Å². The number of nitrogens with one attached hydrogen (secondary N) is 1. The molecule has 2 amide bonds. The van der Waals surface area contributed by atoms with Crippen molar-refractivity contribution in [2.45, 2.75) is 63.5 Å². The number of amides is 2. The number of rotatable bonds is 8. The topological polar surface area (TPSA) is 95.9 Å². The molecule has 1 saturated carbocycles. The zero-order valence-electron chi connectivity index (χ0n) is 22.6. The normalized spacial score (nSPS) is 21.5. The maximum atomic E-state index is 13.5. The fraction of sp³-hybridized carbons (Fsp3) is 0.469. The van der Waals surface area contributed by atoms with Gasteiger partial charge in [-0.2, -0.15) is 0 Å². The van der Waals surface area contributed by atoms with Crippen LogP contribution in [0.4, 0.5) is 0 Å². The second kappa shape index (κ2) is 14.1. The molecule has 2 aromatic rings. The standard InChI is InChI=1S/C32H40N2O5/c35-20-19-34(23-26-13-5-2-6-14-26)29(36)22-27-15-7-8-16-28(21-25-11-3-1-4-12-25)31(38)39-24-32(33-30(27)37)17-9-10-18-32/h1-8,11-14,27-28,35H,9-10,15-24H2,(H,33,37). The van der Waals surface area contributed by atoms with Crippen LogP contribution in [-0.2, 0) is 32.1 Å². The first-order valence-corrected chi connectivity index (χ1v) is 14.1. The summed E-state index contributed by atoms with van der Waals surface area (Å²) < 4.78 is 5.85. The number of cyclic esters (lactones) is 1. The quantitative estimate of drug-likeness (QED) is 0.393. The number of hydrogen-bond donors (Lipinski definition) is 2. The van der Waals surface area contributed by atoms with E-state index in [4.69, 9.17) is 4.74 Å². The highest BCUT2D eigenvalue weighted by molar-refractivity contribution is 5.86. The molecule has 2 unspecified atom stereocenters. The van der Waals surface area contributed by atoms with Crippen molar-refractivity contribution in [2.24, 2.45) is 11.8 Å². The molecule has 0 bridgehead atoms. The molecule has 208 valence electrons. The predicted molar refractivity (Wildman–Crippen MR) is 149 cm³/mol. The van der Waals surface area contributed by atoms with E-state index in [-0.39, 0.29) is 49.9 Å². The summed E-state index contributed by atoms with van der Waals surface area (Å²) in [6.45, 7) is 0.592. The van der Waals surface area contributed by atoms with E-state index >= 15 is 0 Å². The highest BCUT2D eigenvalue weighted by Crippen LogP contribution is 2.32. The van der Waals surface area contributed by atoms with Crippen LogP contribution in [-0.4, -0.2) is 53.1 Å². The Morgan fingerprint density at radius 3 is 2.18 bits per heavy atom. The van der Waals surface area contributed by atoms with Gasteiger partial charge in [-0.3, -0.25) is 14.4 Å². The maximum Gasteiger partial charge on any atom is 0.309 e. The van der Waals surface area contributed by atoms with Crippen molar-refractivity contribution < 1.29 is 24.2 Å². The molecule has 2 atom stereocenters. The Balaban J connectivity index is 1.51. The first-order valence-electron chi connectivity index (χ1n) is 14.1. The number of carbonyl (C=O) groups excluding carboxylic acids is 3. The number of ether oxygens (including phenoxy) is 1. The maximum absolute atomic E-state index is 13.5. The van der Waals surface area contributed by atoms with Crippen LogP contribution in [0.25, 0.3) is 0 Å². The first kappa shape index (κ1) is 28.6. The lowest BCUT2D eigenvalue weighted by Gasteiger charge is -2.33. The molecule has 39 heavy (non-hydrogen) atoms. The number of nitrogens with zero attached hydrogens (tertiary/aromatic N) is 1. The molecular formula is C32H40N2O5. The van der Waals surface area contributed by atoms with Crippen molar-refractivity contribution in [3.63, 3.8) is 0 Å². The van der Waals surface area contributed by atoms with Crippen molar-refractivity contribution in [3.05, 3.63) is 83.9 Å². The van der Waals surface area contributed by atoms with Crippen molar-refractivity contribution in [1.82, 2.24) is 10.2 Å². The van der Waals surface area contributed by atoms with Crippen molar-refractivity contribution in [3.8, 4) is 0 Å². The Bertz CT molecular complexity index is 1110. The number of esters is 1. The summed E-state index contributed by atoms with van der Waals surface area (Å²) in [5.74, 6) is -1.45. The zero-order chi connectivity index (χ0) is 27.5. The van der Waals surface area contributed by atoms with Crippen molar-refractivity contribution in [2.75, 3.05) is 19.8 Å². The molecule has 7 heteroatoms. The summed E-state index contributed by atoms with van der Waals surface area (Å²) in [6, 6.07) is 19.6. The fourth-order valence-corrected chi connectivity index (χ4v) is 5.57. The molecule has 2 aliphatic rings. The van der Waals surface area contributed by atoms with E-state index in [1.54, 1.807) is 4.90 Å². The minimum Gasteiger partial charge on any atom is -0.463 e. The zero-order valence-corrected chi connectivity index (χ0v) is 22.6. The average molecular weight is 533 g/mol. The number of aliphatic hydroxyl groups excluding tert-OH is 1. The molecular weight excluding hydrogens is 492 g/mol. The van der Waals surface area contributed by atoms with Gasteiger partial charge >= 0.3 is 5.97 Å². The lowest BCUT2D eigenvalue weighted by molar-refractivity contribution is -0.152. The molecule has 2 N–H and O–H groups in total. The van der Waals surface area contributed by atoms with E-state index in [0.717, 1.165) is 36.8 Å². The monoisotopic (exact) mass is 532 g/mol. The van der Waals surface area contributed by atoms with Gasteiger partial charge in [0.05, 0.1) is 24.0 Å². The largest absolute Gasteiger partial charge is 0.463 e. The number of carbonyl (C=O) groups is 3. The van der Waals surface area contributed by atoms with Crippen molar-refractivity contribution in [1.29, 1.82) is 0 Å². The molecule has 0 saturated heterocycles. The Labute approximate surface area is 231 Å². The molecule has 1 spiro atoms. The van der Waals surface area contributed by atoms with Crippen LogP contribution in [0.5, 0.6) is 0 Å². The van der Waals surface area contributed by atoms with Gasteiger partial charge in [0.15, 0.2) is 0 Å². The molecule has 4 rings (SSSR count). The van der Waals surface area contributed by atoms with Gasteiger partial charge in [0.2, 0.25) is 11.8 Å². The van der Waals surface area contributed by atoms with Gasteiger partial charge in [0.25, 0.3) is 0 Å². The Morgan fingerprint density at radius 1 is 0.923 bits per heavy atom. The summed E-state index contributed by atoms with van der Waals surface area (Å²) in [5.41, 5.74) is 1.46. The van der Waals surface area contributed by atoms with Crippen LogP contribution >= 0.6 is 0 Å². The van der Waals surface area contributed by atoms with Crippen LogP contribution in [0.1, 0.15) is 56.1 Å². The predicted octanol–water partition coefficient (Wildman–Crippen LogP) is 4.19. The Kier molecular flexibility index (Phi) is 10.3. The SMILES string of the molecule is O=C1NC2(CCCC2)COC(=O)C(Cc2ccccc2)CC=CCC1CC(=O)N(CCO)Cc1ccccc1. The third-order valence-electron chi connectivity index (χ3n) is 7.84. The third kappa shape index (κ3) is 8.27.